The Morgan fingerprint density at radius 3 is 1.89 bits per heavy atom. The normalized spacial score (nSPS) is 12.8. The van der Waals surface area contributed by atoms with Crippen LogP contribution in [0.5, 0.6) is 0 Å². The Kier molecular flexibility index (Phi) is 4.84. The van der Waals surface area contributed by atoms with Crippen LogP contribution >= 0.6 is 9.24 Å². The highest BCUT2D eigenvalue weighted by Gasteiger charge is 2.21. The predicted molar refractivity (Wildman–Crippen MR) is 157 cm³/mol. The Morgan fingerprint density at radius 2 is 1.28 bits per heavy atom. The average molecular weight is 486 g/mol. The van der Waals surface area contributed by atoms with E-state index in [2.05, 4.69) is 123 Å². The first-order valence-electron chi connectivity index (χ1n) is 12.6. The molecule has 0 saturated heterocycles. The van der Waals surface area contributed by atoms with Crippen LogP contribution in [0, 0.1) is 0 Å². The van der Waals surface area contributed by atoms with Gasteiger partial charge in [0.1, 0.15) is 0 Å². The molecule has 1 atom stereocenters. The summed E-state index contributed by atoms with van der Waals surface area (Å²) in [6.07, 6.45) is 1.97. The van der Waals surface area contributed by atoms with Crippen LogP contribution in [0.25, 0.3) is 44.3 Å². The first-order valence-corrected chi connectivity index (χ1v) is 13.1. The maximum Gasteiger partial charge on any atom is 0.0464 e. The summed E-state index contributed by atoms with van der Waals surface area (Å²) in [7, 11) is 4.95. The molecular formula is C32H28N3P. The second kappa shape index (κ2) is 8.11. The Labute approximate surface area is 213 Å². The van der Waals surface area contributed by atoms with Crippen molar-refractivity contribution in [1.82, 2.24) is 9.97 Å². The third-order valence-corrected chi connectivity index (χ3v) is 7.99. The van der Waals surface area contributed by atoms with Crippen LogP contribution in [0.1, 0.15) is 23.6 Å². The molecule has 7 rings (SSSR count). The molecule has 176 valence electrons. The van der Waals surface area contributed by atoms with Gasteiger partial charge in [-0.3, -0.25) is 0 Å². The van der Waals surface area contributed by atoms with Gasteiger partial charge in [0.2, 0.25) is 0 Å². The molecule has 0 saturated carbocycles. The van der Waals surface area contributed by atoms with Gasteiger partial charge in [-0.25, -0.2) is 0 Å². The van der Waals surface area contributed by atoms with Crippen molar-refractivity contribution in [2.24, 2.45) is 0 Å². The van der Waals surface area contributed by atoms with Gasteiger partial charge in [-0.1, -0.05) is 43.3 Å². The van der Waals surface area contributed by atoms with Crippen LogP contribution in [0.2, 0.25) is 0 Å². The molecule has 4 heteroatoms. The van der Waals surface area contributed by atoms with E-state index in [4.69, 9.17) is 0 Å². The van der Waals surface area contributed by atoms with E-state index in [0.29, 0.717) is 0 Å². The quantitative estimate of drug-likeness (QED) is 0.247. The van der Waals surface area contributed by atoms with Crippen molar-refractivity contribution in [2.45, 2.75) is 19.8 Å². The molecular weight excluding hydrogens is 457 g/mol. The summed E-state index contributed by atoms with van der Waals surface area (Å²) in [5.41, 5.74) is 13.8. The molecule has 3 heterocycles. The summed E-state index contributed by atoms with van der Waals surface area (Å²) < 4.78 is 0. The Morgan fingerprint density at radius 1 is 0.694 bits per heavy atom. The zero-order chi connectivity index (χ0) is 24.4. The lowest BCUT2D eigenvalue weighted by Crippen LogP contribution is -2.18. The number of H-pyrrole nitrogens is 2. The van der Waals surface area contributed by atoms with Gasteiger partial charge in [0.15, 0.2) is 0 Å². The lowest BCUT2D eigenvalue weighted by molar-refractivity contribution is 1.06. The minimum absolute atomic E-state index is 0.923. The molecule has 3 nitrogen and oxygen atoms in total. The fourth-order valence-electron chi connectivity index (χ4n) is 5.63. The summed E-state index contributed by atoms with van der Waals surface area (Å²) >= 11 is 0. The smallest absolute Gasteiger partial charge is 0.0464 e. The summed E-state index contributed by atoms with van der Waals surface area (Å²) in [5.74, 6) is 0. The number of fused-ring (bicyclic) bond motifs is 4. The molecule has 0 amide bonds. The van der Waals surface area contributed by atoms with Crippen molar-refractivity contribution < 1.29 is 0 Å². The van der Waals surface area contributed by atoms with Gasteiger partial charge in [-0.05, 0) is 88.1 Å². The van der Waals surface area contributed by atoms with E-state index in [-0.39, 0.29) is 0 Å². The van der Waals surface area contributed by atoms with Crippen molar-refractivity contribution in [3.05, 3.63) is 102 Å². The van der Waals surface area contributed by atoms with E-state index < -0.39 is 0 Å². The third kappa shape index (κ3) is 3.46. The highest BCUT2D eigenvalue weighted by molar-refractivity contribution is 7.27. The van der Waals surface area contributed by atoms with Crippen LogP contribution in [-0.2, 0) is 12.8 Å². The number of nitrogens with one attached hydrogen (secondary N) is 2. The molecule has 2 aromatic heterocycles. The zero-order valence-corrected chi connectivity index (χ0v) is 21.7. The fourth-order valence-corrected chi connectivity index (χ4v) is 5.89. The fraction of sp³-hybridized carbons (Fsp3) is 0.125. The largest absolute Gasteiger partial charge is 0.355 e. The van der Waals surface area contributed by atoms with Gasteiger partial charge in [0.25, 0.3) is 0 Å². The molecule has 2 N–H and O–H groups in total. The second-order valence-corrected chi connectivity index (χ2v) is 10.6. The molecule has 1 aliphatic heterocycles. The monoisotopic (exact) mass is 485 g/mol. The molecule has 0 bridgehead atoms. The lowest BCUT2D eigenvalue weighted by Gasteiger charge is -2.31. The van der Waals surface area contributed by atoms with Crippen LogP contribution in [0.3, 0.4) is 0 Å². The summed E-state index contributed by atoms with van der Waals surface area (Å²) in [5, 5.41) is 3.70. The number of aryl methyl sites for hydroxylation is 1. The van der Waals surface area contributed by atoms with Crippen molar-refractivity contribution >= 4 is 47.7 Å². The van der Waals surface area contributed by atoms with Crippen LogP contribution in [-0.4, -0.2) is 17.0 Å². The topological polar surface area (TPSA) is 34.8 Å². The minimum atomic E-state index is 0.923. The molecule has 4 aromatic carbocycles. The van der Waals surface area contributed by atoms with Gasteiger partial charge in [-0.2, -0.15) is 0 Å². The Hall–Kier alpha value is -3.81. The lowest BCUT2D eigenvalue weighted by atomic mass is 9.92. The maximum absolute atomic E-state index is 3.65. The van der Waals surface area contributed by atoms with E-state index >= 15 is 0 Å². The summed E-state index contributed by atoms with van der Waals surface area (Å²) in [6, 6.07) is 31.4. The van der Waals surface area contributed by atoms with Crippen molar-refractivity contribution in [1.29, 1.82) is 0 Å². The molecule has 0 spiro atoms. The Bertz CT molecular complexity index is 1790. The SMILES string of the molecule is CCc1ccc2cc(-c3ccc4c(c3)Cc3cc(-c5cc6ccc(P)cc6[nH]5)ccc3N4C)[nH]c2c1. The summed E-state index contributed by atoms with van der Waals surface area (Å²) in [4.78, 5) is 9.59. The van der Waals surface area contributed by atoms with Gasteiger partial charge in [0.05, 0.1) is 0 Å². The van der Waals surface area contributed by atoms with E-state index in [0.717, 1.165) is 18.5 Å². The number of nitrogens with zero attached hydrogens (tertiary/aromatic N) is 1. The molecule has 6 aromatic rings. The minimum Gasteiger partial charge on any atom is -0.355 e. The number of rotatable bonds is 3. The van der Waals surface area contributed by atoms with Crippen molar-refractivity contribution in [3.8, 4) is 22.5 Å². The second-order valence-electron chi connectivity index (χ2n) is 9.91. The van der Waals surface area contributed by atoms with Gasteiger partial charge in [-0.15, -0.1) is 9.24 Å². The maximum atomic E-state index is 3.65. The number of aromatic nitrogens is 2. The molecule has 0 fully saturated rings. The molecule has 1 aliphatic rings. The summed E-state index contributed by atoms with van der Waals surface area (Å²) in [6.45, 7) is 2.20. The first-order chi connectivity index (χ1) is 17.6. The third-order valence-electron chi connectivity index (χ3n) is 7.63. The zero-order valence-electron chi connectivity index (χ0n) is 20.5. The van der Waals surface area contributed by atoms with Crippen LogP contribution < -0.4 is 10.2 Å². The standard InChI is InChI=1S/C32H28N3P/c1-3-19-4-5-22-16-28(33-27(22)12-19)20-7-10-31-24(13-20)15-25-14-21(8-11-32(25)35(31)2)29-17-23-6-9-26(36)18-30(23)34-29/h4-14,16-18,33-34H,3,15,36H2,1-2H3. The van der Waals surface area contributed by atoms with Crippen molar-refractivity contribution in [3.63, 3.8) is 0 Å². The number of benzene rings is 4. The number of aromatic amines is 2. The average Bonchev–Trinajstić information content (AvgIpc) is 3.51. The van der Waals surface area contributed by atoms with E-state index in [1.54, 1.807) is 0 Å². The molecule has 36 heavy (non-hydrogen) atoms. The number of hydrogen-bond donors (Lipinski definition) is 2. The van der Waals surface area contributed by atoms with Crippen LogP contribution in [0.4, 0.5) is 11.4 Å². The van der Waals surface area contributed by atoms with Gasteiger partial charge < -0.3 is 14.9 Å². The molecule has 1 unspecified atom stereocenters. The highest BCUT2D eigenvalue weighted by Crippen LogP contribution is 2.41. The van der Waals surface area contributed by atoms with Crippen LogP contribution in [0.15, 0.2) is 84.9 Å². The number of anilines is 2. The van der Waals surface area contributed by atoms with Crippen molar-refractivity contribution in [2.75, 3.05) is 11.9 Å². The first kappa shape index (κ1) is 21.5. The van der Waals surface area contributed by atoms with E-state index in [9.17, 15) is 0 Å². The van der Waals surface area contributed by atoms with Gasteiger partial charge in [0, 0.05) is 58.0 Å². The van der Waals surface area contributed by atoms with E-state index in [1.165, 1.54) is 72.0 Å². The number of hydrogen-bond acceptors (Lipinski definition) is 1. The molecule has 0 aliphatic carbocycles. The predicted octanol–water partition coefficient (Wildman–Crippen LogP) is 7.72. The van der Waals surface area contributed by atoms with Gasteiger partial charge >= 0.3 is 0 Å². The highest BCUT2D eigenvalue weighted by atomic mass is 31.0. The van der Waals surface area contributed by atoms with E-state index in [1.807, 2.05) is 0 Å². The molecule has 0 radical (unpaired) electrons. The Balaban J connectivity index is 1.26.